The minimum atomic E-state index is -0.936. The van der Waals surface area contributed by atoms with E-state index in [2.05, 4.69) is 19.8 Å². The van der Waals surface area contributed by atoms with Crippen molar-refractivity contribution in [2.75, 3.05) is 24.5 Å². The van der Waals surface area contributed by atoms with Crippen molar-refractivity contribution in [3.8, 4) is 0 Å². The Morgan fingerprint density at radius 2 is 1.82 bits per heavy atom. The number of amides is 2. The number of nitrogens with two attached hydrogens (primary N) is 1. The first-order valence-corrected chi connectivity index (χ1v) is 14.3. The summed E-state index contributed by atoms with van der Waals surface area (Å²) in [7, 11) is 1.27. The van der Waals surface area contributed by atoms with Crippen LogP contribution in [-0.2, 0) is 24.0 Å². The van der Waals surface area contributed by atoms with Crippen LogP contribution in [0.2, 0.25) is 0 Å². The molecule has 0 unspecified atom stereocenters. The maximum atomic E-state index is 13.7. The van der Waals surface area contributed by atoms with E-state index in [0.29, 0.717) is 11.3 Å². The van der Waals surface area contributed by atoms with Crippen molar-refractivity contribution in [3.63, 3.8) is 0 Å². The van der Waals surface area contributed by atoms with Gasteiger partial charge in [-0.2, -0.15) is 9.36 Å². The van der Waals surface area contributed by atoms with E-state index in [1.54, 1.807) is 0 Å². The SMILES string of the molecule is CON=C(C(=O)N[C@@H]1C(=O)N2C(C(=O)OC(c3ccccc3)c3ccccc3)=C(CCl)CS[C@H]12)c1nsc(N)n1. The van der Waals surface area contributed by atoms with Crippen LogP contribution < -0.4 is 11.1 Å². The van der Waals surface area contributed by atoms with Gasteiger partial charge in [-0.1, -0.05) is 65.8 Å². The molecule has 0 bridgehead atoms. The van der Waals surface area contributed by atoms with Crippen molar-refractivity contribution in [3.05, 3.63) is 88.9 Å². The Morgan fingerprint density at radius 3 is 2.38 bits per heavy atom. The first-order chi connectivity index (χ1) is 19.4. The van der Waals surface area contributed by atoms with Crippen LogP contribution in [-0.4, -0.2) is 67.9 Å². The Balaban J connectivity index is 1.37. The summed E-state index contributed by atoms with van der Waals surface area (Å²) in [5.74, 6) is -1.50. The van der Waals surface area contributed by atoms with Crippen LogP contribution in [0.1, 0.15) is 23.1 Å². The molecular weight excluding hydrogens is 576 g/mol. The number of carbonyl (C=O) groups is 3. The average Bonchev–Trinajstić information content (AvgIpc) is 3.42. The smallest absolute Gasteiger partial charge is 0.356 e. The molecule has 14 heteroatoms. The summed E-state index contributed by atoms with van der Waals surface area (Å²) in [6.07, 6.45) is -0.704. The number of hydrogen-bond donors (Lipinski definition) is 2. The number of oxime groups is 1. The molecule has 1 aromatic heterocycles. The quantitative estimate of drug-likeness (QED) is 0.125. The van der Waals surface area contributed by atoms with E-state index < -0.39 is 35.3 Å². The zero-order valence-corrected chi connectivity index (χ0v) is 23.4. The van der Waals surface area contributed by atoms with E-state index in [4.69, 9.17) is 26.9 Å². The molecule has 2 aliphatic rings. The van der Waals surface area contributed by atoms with Gasteiger partial charge in [0.15, 0.2) is 11.2 Å². The van der Waals surface area contributed by atoms with Gasteiger partial charge in [-0.3, -0.25) is 14.5 Å². The van der Waals surface area contributed by atoms with Crippen molar-refractivity contribution in [2.45, 2.75) is 17.5 Å². The Kier molecular flexibility index (Phi) is 8.33. The minimum Gasteiger partial charge on any atom is -0.448 e. The van der Waals surface area contributed by atoms with Crippen LogP contribution in [0.5, 0.6) is 0 Å². The van der Waals surface area contributed by atoms with Gasteiger partial charge in [0.25, 0.3) is 11.8 Å². The number of nitrogens with zero attached hydrogens (tertiary/aromatic N) is 4. The standard InChI is InChI=1S/C26H23ClN6O5S2/c1-37-31-17(21-30-26(28)40-32-21)22(34)29-18-23(35)33-19(16(12-27)13-39-24(18)33)25(36)38-20(14-8-4-2-5-9-14)15-10-6-3-7-11-15/h2-11,18,20,24H,12-13H2,1H3,(H,29,34)(H2,28,30,32)/t18-,24-/m1/s1. The number of aromatic nitrogens is 2. The molecule has 11 nitrogen and oxygen atoms in total. The number of halogens is 1. The monoisotopic (exact) mass is 598 g/mol. The molecule has 3 N–H and O–H groups in total. The number of nitrogens with one attached hydrogen (secondary N) is 1. The van der Waals surface area contributed by atoms with Gasteiger partial charge in [-0.25, -0.2) is 4.79 Å². The van der Waals surface area contributed by atoms with Crippen molar-refractivity contribution in [1.82, 2.24) is 19.6 Å². The lowest BCUT2D eigenvalue weighted by molar-refractivity contribution is -0.154. The molecule has 1 saturated heterocycles. The fraction of sp³-hybridized carbons (Fsp3) is 0.231. The van der Waals surface area contributed by atoms with E-state index in [-0.39, 0.29) is 28.2 Å². The number of thioether (sulfide) groups is 1. The second-order valence-electron chi connectivity index (χ2n) is 8.63. The van der Waals surface area contributed by atoms with Crippen LogP contribution in [0, 0.1) is 0 Å². The van der Waals surface area contributed by atoms with Crippen LogP contribution in [0.15, 0.2) is 77.1 Å². The van der Waals surface area contributed by atoms with Crippen LogP contribution in [0.3, 0.4) is 0 Å². The number of carbonyl (C=O) groups excluding carboxylic acids is 3. The summed E-state index contributed by atoms with van der Waals surface area (Å²) < 4.78 is 10.0. The Bertz CT molecular complexity index is 1440. The summed E-state index contributed by atoms with van der Waals surface area (Å²) in [5.41, 5.74) is 7.61. The van der Waals surface area contributed by atoms with Gasteiger partial charge in [0.1, 0.15) is 24.2 Å². The highest BCUT2D eigenvalue weighted by Crippen LogP contribution is 2.42. The third-order valence-corrected chi connectivity index (χ3v) is 8.37. The van der Waals surface area contributed by atoms with Gasteiger partial charge >= 0.3 is 5.97 Å². The summed E-state index contributed by atoms with van der Waals surface area (Å²) >= 11 is 8.47. The van der Waals surface area contributed by atoms with Crippen molar-refractivity contribution < 1.29 is 24.0 Å². The molecule has 3 heterocycles. The van der Waals surface area contributed by atoms with E-state index in [9.17, 15) is 14.4 Å². The molecule has 0 spiro atoms. The topological polar surface area (TPSA) is 149 Å². The summed E-state index contributed by atoms with van der Waals surface area (Å²) in [6.45, 7) is 0. The number of alkyl halides is 1. The molecule has 2 aliphatic heterocycles. The first-order valence-electron chi connectivity index (χ1n) is 12.0. The highest BCUT2D eigenvalue weighted by Gasteiger charge is 2.55. The fourth-order valence-electron chi connectivity index (χ4n) is 4.34. The lowest BCUT2D eigenvalue weighted by Gasteiger charge is -2.49. The second kappa shape index (κ2) is 12.1. The molecule has 2 atom stereocenters. The molecular formula is C26H23ClN6O5S2. The van der Waals surface area contributed by atoms with Crippen molar-refractivity contribution in [2.24, 2.45) is 5.16 Å². The van der Waals surface area contributed by atoms with E-state index in [1.165, 1.54) is 23.8 Å². The first kappa shape index (κ1) is 27.6. The highest BCUT2D eigenvalue weighted by atomic mass is 35.5. The van der Waals surface area contributed by atoms with E-state index in [0.717, 1.165) is 22.7 Å². The number of anilines is 1. The number of esters is 1. The average molecular weight is 599 g/mol. The van der Waals surface area contributed by atoms with Gasteiger partial charge in [-0.05, 0) is 16.7 Å². The van der Waals surface area contributed by atoms with Crippen molar-refractivity contribution in [1.29, 1.82) is 0 Å². The Morgan fingerprint density at radius 1 is 1.18 bits per heavy atom. The Labute approximate surface area is 242 Å². The molecule has 2 aromatic carbocycles. The molecule has 0 radical (unpaired) electrons. The maximum absolute atomic E-state index is 13.7. The number of benzene rings is 2. The van der Waals surface area contributed by atoms with E-state index in [1.807, 2.05) is 60.7 Å². The largest absolute Gasteiger partial charge is 0.448 e. The number of rotatable bonds is 9. The number of hydrogen-bond acceptors (Lipinski definition) is 11. The van der Waals surface area contributed by atoms with Gasteiger partial charge < -0.3 is 20.6 Å². The third kappa shape index (κ3) is 5.40. The molecule has 1 fully saturated rings. The molecule has 2 amide bonds. The molecule has 5 rings (SSSR count). The van der Waals surface area contributed by atoms with E-state index >= 15 is 0 Å². The van der Waals surface area contributed by atoms with Crippen LogP contribution in [0.25, 0.3) is 0 Å². The summed E-state index contributed by atoms with van der Waals surface area (Å²) in [5, 5.41) is 5.95. The molecule has 3 aromatic rings. The number of nitrogen functional groups attached to an aromatic ring is 1. The summed E-state index contributed by atoms with van der Waals surface area (Å²) in [6, 6.07) is 17.7. The predicted molar refractivity (Wildman–Crippen MR) is 151 cm³/mol. The molecule has 0 aliphatic carbocycles. The Hall–Kier alpha value is -3.94. The number of fused-ring (bicyclic) bond motifs is 1. The number of β-lactam (4-membered cyclic amide) rings is 1. The third-order valence-electron chi connectivity index (χ3n) is 6.17. The maximum Gasteiger partial charge on any atom is 0.356 e. The molecule has 0 saturated carbocycles. The molecule has 206 valence electrons. The summed E-state index contributed by atoms with van der Waals surface area (Å²) in [4.78, 5) is 50.1. The van der Waals surface area contributed by atoms with Crippen LogP contribution >= 0.6 is 34.9 Å². The fourth-order valence-corrected chi connectivity index (χ4v) is 6.45. The van der Waals surface area contributed by atoms with Crippen LogP contribution in [0.4, 0.5) is 5.13 Å². The second-order valence-corrected chi connectivity index (χ2v) is 10.8. The highest BCUT2D eigenvalue weighted by molar-refractivity contribution is 8.00. The zero-order chi connectivity index (χ0) is 28.2. The zero-order valence-electron chi connectivity index (χ0n) is 21.0. The van der Waals surface area contributed by atoms with Gasteiger partial charge in [0.05, 0.1) is 0 Å². The lowest BCUT2D eigenvalue weighted by Crippen LogP contribution is -2.71. The minimum absolute atomic E-state index is 0.0248. The van der Waals surface area contributed by atoms with Gasteiger partial charge in [0.2, 0.25) is 11.5 Å². The number of ether oxygens (including phenoxy) is 1. The lowest BCUT2D eigenvalue weighted by atomic mass is 10.0. The molecule has 40 heavy (non-hydrogen) atoms. The normalized spacial score (nSPS) is 18.7. The van der Waals surface area contributed by atoms with Gasteiger partial charge in [-0.15, -0.1) is 23.4 Å². The van der Waals surface area contributed by atoms with Gasteiger partial charge in [0, 0.05) is 23.2 Å². The predicted octanol–water partition coefficient (Wildman–Crippen LogP) is 2.70. The van der Waals surface area contributed by atoms with Crippen molar-refractivity contribution >= 4 is 63.5 Å².